The molecular weight excluding hydrogens is 312 g/mol. The number of quaternary nitrogens is 1. The first kappa shape index (κ1) is 16.2. The third-order valence-electron chi connectivity index (χ3n) is 4.41. The summed E-state index contributed by atoms with van der Waals surface area (Å²) < 4.78 is 7.45. The number of nitrogens with one attached hydrogen (secondary N) is 1. The van der Waals surface area contributed by atoms with E-state index in [0.29, 0.717) is 11.6 Å². The van der Waals surface area contributed by atoms with Crippen LogP contribution < -0.4 is 4.90 Å². The highest BCUT2D eigenvalue weighted by Crippen LogP contribution is 2.23. The van der Waals surface area contributed by atoms with E-state index in [-0.39, 0.29) is 5.78 Å². The molecule has 0 amide bonds. The highest BCUT2D eigenvalue weighted by molar-refractivity contribution is 6.30. The molecule has 2 aromatic rings. The summed E-state index contributed by atoms with van der Waals surface area (Å²) in [6.45, 7) is 7.83. The van der Waals surface area contributed by atoms with Gasteiger partial charge in [0, 0.05) is 27.7 Å². The lowest BCUT2D eigenvalue weighted by Gasteiger charge is -2.22. The summed E-state index contributed by atoms with van der Waals surface area (Å²) in [5, 5.41) is 0.695. The van der Waals surface area contributed by atoms with Gasteiger partial charge in [0.25, 0.3) is 0 Å². The largest absolute Gasteiger partial charge is 0.370 e. The van der Waals surface area contributed by atoms with Crippen molar-refractivity contribution in [1.82, 2.24) is 4.57 Å². The zero-order valence-corrected chi connectivity index (χ0v) is 14.3. The molecule has 0 atom stereocenters. The normalized spacial score (nSPS) is 15.8. The first-order chi connectivity index (χ1) is 11.1. The summed E-state index contributed by atoms with van der Waals surface area (Å²) in [4.78, 5) is 14.0. The number of rotatable bonds is 4. The summed E-state index contributed by atoms with van der Waals surface area (Å²) in [6, 6.07) is 9.69. The van der Waals surface area contributed by atoms with E-state index < -0.39 is 0 Å². The van der Waals surface area contributed by atoms with Gasteiger partial charge >= 0.3 is 0 Å². The molecule has 1 N–H and O–H groups in total. The van der Waals surface area contributed by atoms with Crippen molar-refractivity contribution in [3.8, 4) is 5.69 Å². The van der Waals surface area contributed by atoms with Crippen molar-refractivity contribution in [2.75, 3.05) is 32.8 Å². The Labute approximate surface area is 141 Å². The van der Waals surface area contributed by atoms with Gasteiger partial charge in [-0.15, -0.1) is 0 Å². The maximum absolute atomic E-state index is 12.7. The summed E-state index contributed by atoms with van der Waals surface area (Å²) in [5.41, 5.74) is 3.82. The van der Waals surface area contributed by atoms with E-state index in [1.165, 1.54) is 4.90 Å². The molecule has 1 aliphatic heterocycles. The summed E-state index contributed by atoms with van der Waals surface area (Å²) in [6.07, 6.45) is 0. The molecule has 122 valence electrons. The minimum Gasteiger partial charge on any atom is -0.370 e. The number of Topliss-reactive ketones (excluding diaryl/α,β-unsaturated/α-hetero) is 1. The second-order valence-corrected chi connectivity index (χ2v) is 6.50. The van der Waals surface area contributed by atoms with Crippen LogP contribution >= 0.6 is 11.6 Å². The van der Waals surface area contributed by atoms with E-state index in [1.807, 2.05) is 44.2 Å². The number of ether oxygens (including phenoxy) is 1. The zero-order chi connectivity index (χ0) is 16.4. The number of carbonyl (C=O) groups is 1. The minimum absolute atomic E-state index is 0.197. The number of ketones is 1. The number of carbonyl (C=O) groups excluding carboxylic acids is 1. The van der Waals surface area contributed by atoms with Gasteiger partial charge in [0.1, 0.15) is 19.6 Å². The number of hydrogen-bond acceptors (Lipinski definition) is 2. The van der Waals surface area contributed by atoms with Crippen molar-refractivity contribution in [3.05, 3.63) is 52.3 Å². The fourth-order valence-corrected chi connectivity index (χ4v) is 3.40. The van der Waals surface area contributed by atoms with Crippen LogP contribution in [0, 0.1) is 13.8 Å². The molecule has 1 saturated heterocycles. The summed E-state index contributed by atoms with van der Waals surface area (Å²) >= 11 is 6.10. The van der Waals surface area contributed by atoms with Crippen molar-refractivity contribution in [2.24, 2.45) is 0 Å². The quantitative estimate of drug-likeness (QED) is 0.867. The van der Waals surface area contributed by atoms with E-state index >= 15 is 0 Å². The standard InChI is InChI=1S/C18H21ClN2O2/c1-13-10-17(18(22)12-20-6-8-23-9-7-20)14(2)21(13)16-5-3-4-15(19)11-16/h3-5,10-11H,6-9,12H2,1-2H3/p+1. The highest BCUT2D eigenvalue weighted by atomic mass is 35.5. The van der Waals surface area contributed by atoms with Gasteiger partial charge in [-0.25, -0.2) is 0 Å². The molecule has 2 heterocycles. The van der Waals surface area contributed by atoms with E-state index in [2.05, 4.69) is 4.57 Å². The summed E-state index contributed by atoms with van der Waals surface area (Å²) in [5.74, 6) is 0.197. The van der Waals surface area contributed by atoms with Gasteiger partial charge in [-0.3, -0.25) is 4.79 Å². The number of aromatic nitrogens is 1. The Morgan fingerprint density at radius 2 is 2.00 bits per heavy atom. The molecule has 5 heteroatoms. The molecule has 1 aliphatic rings. The topological polar surface area (TPSA) is 35.7 Å². The number of benzene rings is 1. The molecular formula is C18H22ClN2O2+. The van der Waals surface area contributed by atoms with E-state index in [0.717, 1.165) is 48.9 Å². The Morgan fingerprint density at radius 1 is 1.26 bits per heavy atom. The van der Waals surface area contributed by atoms with Crippen molar-refractivity contribution >= 4 is 17.4 Å². The lowest BCUT2D eigenvalue weighted by atomic mass is 10.1. The van der Waals surface area contributed by atoms with Gasteiger partial charge in [0.15, 0.2) is 0 Å². The van der Waals surface area contributed by atoms with Crippen LogP contribution in [-0.2, 0) is 4.74 Å². The maximum Gasteiger partial charge on any atom is 0.218 e. The summed E-state index contributed by atoms with van der Waals surface area (Å²) in [7, 11) is 0. The molecule has 4 nitrogen and oxygen atoms in total. The van der Waals surface area contributed by atoms with Crippen molar-refractivity contribution in [2.45, 2.75) is 13.8 Å². The van der Waals surface area contributed by atoms with Gasteiger partial charge in [0.05, 0.1) is 13.2 Å². The lowest BCUT2D eigenvalue weighted by Crippen LogP contribution is -3.14. The average Bonchev–Trinajstić information content (AvgIpc) is 2.83. The number of aryl methyl sites for hydroxylation is 1. The maximum atomic E-state index is 12.7. The molecule has 0 bridgehead atoms. The van der Waals surface area contributed by atoms with Crippen LogP contribution in [0.2, 0.25) is 5.02 Å². The Bertz CT molecular complexity index is 718. The molecule has 1 aromatic heterocycles. The molecule has 0 aliphatic carbocycles. The Balaban J connectivity index is 1.86. The van der Waals surface area contributed by atoms with E-state index in [1.54, 1.807) is 0 Å². The molecule has 0 spiro atoms. The molecule has 1 fully saturated rings. The number of halogens is 1. The monoisotopic (exact) mass is 333 g/mol. The number of hydrogen-bond donors (Lipinski definition) is 1. The number of nitrogens with zero attached hydrogens (tertiary/aromatic N) is 1. The van der Waals surface area contributed by atoms with Crippen molar-refractivity contribution < 1.29 is 14.4 Å². The Kier molecular flexibility index (Phi) is 4.85. The SMILES string of the molecule is Cc1cc(C(=O)C[NH+]2CCOCC2)c(C)n1-c1cccc(Cl)c1. The van der Waals surface area contributed by atoms with Gasteiger partial charge in [-0.1, -0.05) is 17.7 Å². The molecule has 0 saturated carbocycles. The zero-order valence-electron chi connectivity index (χ0n) is 13.6. The van der Waals surface area contributed by atoms with E-state index in [4.69, 9.17) is 16.3 Å². The van der Waals surface area contributed by atoms with Gasteiger partial charge in [-0.2, -0.15) is 0 Å². The molecule has 1 aromatic carbocycles. The second kappa shape index (κ2) is 6.87. The molecule has 23 heavy (non-hydrogen) atoms. The minimum atomic E-state index is 0.197. The van der Waals surface area contributed by atoms with Crippen LogP contribution in [0.3, 0.4) is 0 Å². The van der Waals surface area contributed by atoms with Crippen LogP contribution in [0.15, 0.2) is 30.3 Å². The van der Waals surface area contributed by atoms with Crippen molar-refractivity contribution in [1.29, 1.82) is 0 Å². The third kappa shape index (κ3) is 3.50. The second-order valence-electron chi connectivity index (χ2n) is 6.06. The predicted molar refractivity (Wildman–Crippen MR) is 91.0 cm³/mol. The molecule has 0 unspecified atom stereocenters. The van der Waals surface area contributed by atoms with Crippen LogP contribution in [-0.4, -0.2) is 43.2 Å². The third-order valence-corrected chi connectivity index (χ3v) is 4.64. The van der Waals surface area contributed by atoms with Crippen LogP contribution in [0.5, 0.6) is 0 Å². The Morgan fingerprint density at radius 3 is 2.70 bits per heavy atom. The van der Waals surface area contributed by atoms with Gasteiger partial charge < -0.3 is 14.2 Å². The van der Waals surface area contributed by atoms with Crippen LogP contribution in [0.4, 0.5) is 0 Å². The molecule has 3 rings (SSSR count). The lowest BCUT2D eigenvalue weighted by molar-refractivity contribution is -0.899. The Hall–Kier alpha value is -1.62. The van der Waals surface area contributed by atoms with Crippen molar-refractivity contribution in [3.63, 3.8) is 0 Å². The van der Waals surface area contributed by atoms with Gasteiger partial charge in [0.2, 0.25) is 5.78 Å². The number of morpholine rings is 1. The average molecular weight is 334 g/mol. The van der Waals surface area contributed by atoms with Gasteiger partial charge in [-0.05, 0) is 38.1 Å². The van der Waals surface area contributed by atoms with Crippen LogP contribution in [0.1, 0.15) is 21.7 Å². The smallest absolute Gasteiger partial charge is 0.218 e. The fourth-order valence-electron chi connectivity index (χ4n) is 3.22. The highest BCUT2D eigenvalue weighted by Gasteiger charge is 2.22. The van der Waals surface area contributed by atoms with Crippen LogP contribution in [0.25, 0.3) is 5.69 Å². The first-order valence-electron chi connectivity index (χ1n) is 7.95. The first-order valence-corrected chi connectivity index (χ1v) is 8.33. The molecule has 0 radical (unpaired) electrons. The fraction of sp³-hybridized carbons (Fsp3) is 0.389. The van der Waals surface area contributed by atoms with E-state index in [9.17, 15) is 4.79 Å². The predicted octanol–water partition coefficient (Wildman–Crippen LogP) is 1.85.